The lowest BCUT2D eigenvalue weighted by Gasteiger charge is -2.28. The van der Waals surface area contributed by atoms with Gasteiger partial charge in [-0.1, -0.05) is 0 Å². The second kappa shape index (κ2) is 4.61. The van der Waals surface area contributed by atoms with Crippen molar-refractivity contribution in [2.45, 2.75) is 0 Å². The Hall–Kier alpha value is -1.10. The summed E-state index contributed by atoms with van der Waals surface area (Å²) in [6, 6.07) is 2.07. The van der Waals surface area contributed by atoms with E-state index in [1.807, 2.05) is 13.2 Å². The summed E-state index contributed by atoms with van der Waals surface area (Å²) < 4.78 is 11.2. The monoisotopic (exact) mass is 225 g/mol. The molecule has 0 saturated carbocycles. The van der Waals surface area contributed by atoms with E-state index in [0.29, 0.717) is 0 Å². The molecule has 2 rings (SSSR count). The number of rotatable bonds is 2. The van der Waals surface area contributed by atoms with Crippen LogP contribution >= 0.6 is 0 Å². The highest BCUT2D eigenvalue weighted by Crippen LogP contribution is 2.18. The number of hydrogen-bond acceptors (Lipinski definition) is 4. The van der Waals surface area contributed by atoms with E-state index in [1.165, 1.54) is 0 Å². The summed E-state index contributed by atoms with van der Waals surface area (Å²) in [5.74, 6) is 1.54. The van der Waals surface area contributed by atoms with Gasteiger partial charge in [0.25, 0.3) is 0 Å². The molecule has 4 nitrogen and oxygen atoms in total. The molecule has 0 atom stereocenters. The van der Waals surface area contributed by atoms with E-state index < -0.39 is 10.8 Å². The second-order valence-corrected chi connectivity index (χ2v) is 5.21. The van der Waals surface area contributed by atoms with Gasteiger partial charge in [-0.05, 0) is 6.07 Å². The van der Waals surface area contributed by atoms with Crippen LogP contribution in [0.1, 0.15) is 0 Å². The van der Waals surface area contributed by atoms with E-state index in [9.17, 15) is 4.21 Å². The van der Waals surface area contributed by atoms with Crippen LogP contribution < -0.4 is 10.2 Å². The predicted molar refractivity (Wildman–Crippen MR) is 63.9 cm³/mol. The summed E-state index contributed by atoms with van der Waals surface area (Å²) in [6.07, 6.45) is 3.65. The highest BCUT2D eigenvalue weighted by Gasteiger charge is 2.15. The van der Waals surface area contributed by atoms with Crippen molar-refractivity contribution >= 4 is 22.2 Å². The van der Waals surface area contributed by atoms with Gasteiger partial charge >= 0.3 is 0 Å². The number of nitrogens with one attached hydrogen (secondary N) is 1. The first-order chi connectivity index (χ1) is 7.29. The van der Waals surface area contributed by atoms with Crippen LogP contribution in [0.3, 0.4) is 0 Å². The first-order valence-corrected chi connectivity index (χ1v) is 6.51. The topological polar surface area (TPSA) is 45.2 Å². The molecule has 0 spiro atoms. The maximum Gasteiger partial charge on any atom is 0.0574 e. The van der Waals surface area contributed by atoms with Gasteiger partial charge in [-0.25, -0.2) is 0 Å². The van der Waals surface area contributed by atoms with Gasteiger partial charge in [-0.3, -0.25) is 9.19 Å². The van der Waals surface area contributed by atoms with E-state index >= 15 is 0 Å². The molecule has 1 aromatic heterocycles. The van der Waals surface area contributed by atoms with Gasteiger partial charge < -0.3 is 10.2 Å². The van der Waals surface area contributed by atoms with Crippen LogP contribution in [0.5, 0.6) is 0 Å². The number of aromatic nitrogens is 1. The minimum atomic E-state index is -0.620. The van der Waals surface area contributed by atoms with Gasteiger partial charge in [-0.2, -0.15) is 0 Å². The van der Waals surface area contributed by atoms with E-state index in [4.69, 9.17) is 0 Å². The number of pyridine rings is 1. The number of anilines is 2. The highest BCUT2D eigenvalue weighted by atomic mass is 32.2. The van der Waals surface area contributed by atoms with Crippen molar-refractivity contribution in [2.75, 3.05) is 41.9 Å². The predicted octanol–water partition coefficient (Wildman–Crippen LogP) is 0.692. The van der Waals surface area contributed by atoms with Crippen LogP contribution in [0.25, 0.3) is 0 Å². The molecule has 1 saturated heterocycles. The molecule has 2 heterocycles. The molecule has 1 aromatic rings. The molecule has 5 heteroatoms. The smallest absolute Gasteiger partial charge is 0.0574 e. The molecular formula is C10H15N3OS. The summed E-state index contributed by atoms with van der Waals surface area (Å²) in [4.78, 5) is 6.40. The van der Waals surface area contributed by atoms with Crippen molar-refractivity contribution in [3.8, 4) is 0 Å². The third kappa shape index (κ3) is 2.47. The van der Waals surface area contributed by atoms with Gasteiger partial charge in [0.2, 0.25) is 0 Å². The van der Waals surface area contributed by atoms with E-state index in [1.54, 1.807) is 6.20 Å². The maximum atomic E-state index is 11.2. The van der Waals surface area contributed by atoms with Gasteiger partial charge in [0, 0.05) is 42.4 Å². The lowest BCUT2D eigenvalue weighted by Crippen LogP contribution is -2.37. The first kappa shape index (κ1) is 10.4. The third-order valence-electron chi connectivity index (χ3n) is 2.56. The second-order valence-electron chi connectivity index (χ2n) is 3.52. The fourth-order valence-corrected chi connectivity index (χ4v) is 2.69. The molecule has 1 fully saturated rings. The maximum absolute atomic E-state index is 11.2. The molecule has 15 heavy (non-hydrogen) atoms. The van der Waals surface area contributed by atoms with E-state index in [-0.39, 0.29) is 0 Å². The minimum Gasteiger partial charge on any atom is -0.387 e. The SMILES string of the molecule is CNc1cncc(N2CCS(=O)CC2)c1. The van der Waals surface area contributed by atoms with Gasteiger partial charge in [0.05, 0.1) is 23.8 Å². The summed E-state index contributed by atoms with van der Waals surface area (Å²) >= 11 is 0. The molecular weight excluding hydrogens is 210 g/mol. The lowest BCUT2D eigenvalue weighted by atomic mass is 10.3. The summed E-state index contributed by atoms with van der Waals surface area (Å²) in [6.45, 7) is 1.73. The fourth-order valence-electron chi connectivity index (χ4n) is 1.63. The Balaban J connectivity index is 2.11. The van der Waals surface area contributed by atoms with Crippen molar-refractivity contribution in [3.63, 3.8) is 0 Å². The molecule has 0 bridgehead atoms. The molecule has 1 aliphatic heterocycles. The zero-order chi connectivity index (χ0) is 10.7. The average molecular weight is 225 g/mol. The molecule has 0 radical (unpaired) electrons. The lowest BCUT2D eigenvalue weighted by molar-refractivity contribution is 0.673. The summed E-state index contributed by atoms with van der Waals surface area (Å²) in [7, 11) is 1.26. The van der Waals surface area contributed by atoms with Crippen molar-refractivity contribution < 1.29 is 4.21 Å². The Bertz CT molecular complexity index is 359. The van der Waals surface area contributed by atoms with Crippen LogP contribution in [0.4, 0.5) is 11.4 Å². The quantitative estimate of drug-likeness (QED) is 0.804. The molecule has 0 amide bonds. The minimum absolute atomic E-state index is 0.620. The molecule has 1 N–H and O–H groups in total. The molecule has 0 unspecified atom stereocenters. The molecule has 1 aliphatic rings. The standard InChI is InChI=1S/C10H15N3OS/c1-11-9-6-10(8-12-7-9)13-2-4-15(14)5-3-13/h6-8,11H,2-5H2,1H3. The molecule has 82 valence electrons. The first-order valence-electron chi connectivity index (χ1n) is 5.02. The van der Waals surface area contributed by atoms with Crippen LogP contribution in [0.2, 0.25) is 0 Å². The van der Waals surface area contributed by atoms with Gasteiger partial charge in [-0.15, -0.1) is 0 Å². The fraction of sp³-hybridized carbons (Fsp3) is 0.500. The highest BCUT2D eigenvalue weighted by molar-refractivity contribution is 7.85. The Kier molecular flexibility index (Phi) is 3.20. The Labute approximate surface area is 92.2 Å². The van der Waals surface area contributed by atoms with Crippen LogP contribution in [-0.2, 0) is 10.8 Å². The van der Waals surface area contributed by atoms with Crippen LogP contribution in [0.15, 0.2) is 18.5 Å². The van der Waals surface area contributed by atoms with E-state index in [2.05, 4.69) is 21.3 Å². The normalized spacial score (nSPS) is 17.8. The molecule has 0 aromatic carbocycles. The van der Waals surface area contributed by atoms with E-state index in [0.717, 1.165) is 36.0 Å². The van der Waals surface area contributed by atoms with Crippen molar-refractivity contribution in [1.29, 1.82) is 0 Å². The zero-order valence-corrected chi connectivity index (χ0v) is 9.59. The van der Waals surface area contributed by atoms with Gasteiger partial charge in [0.15, 0.2) is 0 Å². The zero-order valence-electron chi connectivity index (χ0n) is 8.77. The van der Waals surface area contributed by atoms with Crippen molar-refractivity contribution in [3.05, 3.63) is 18.5 Å². The summed E-state index contributed by atoms with van der Waals surface area (Å²) in [5.41, 5.74) is 2.12. The van der Waals surface area contributed by atoms with Crippen molar-refractivity contribution in [1.82, 2.24) is 4.98 Å². The van der Waals surface area contributed by atoms with Crippen molar-refractivity contribution in [2.24, 2.45) is 0 Å². The Morgan fingerprint density at radius 3 is 2.80 bits per heavy atom. The molecule has 0 aliphatic carbocycles. The summed E-state index contributed by atoms with van der Waals surface area (Å²) in [5, 5.41) is 3.07. The van der Waals surface area contributed by atoms with Crippen LogP contribution in [-0.4, -0.2) is 40.8 Å². The third-order valence-corrected chi connectivity index (χ3v) is 3.83. The largest absolute Gasteiger partial charge is 0.387 e. The van der Waals surface area contributed by atoms with Gasteiger partial charge in [0.1, 0.15) is 0 Å². The Morgan fingerprint density at radius 1 is 1.40 bits per heavy atom. The van der Waals surface area contributed by atoms with Crippen LogP contribution in [0, 0.1) is 0 Å². The number of hydrogen-bond donors (Lipinski definition) is 1. The average Bonchev–Trinajstić information content (AvgIpc) is 2.30. The number of nitrogens with zero attached hydrogens (tertiary/aromatic N) is 2. The Morgan fingerprint density at radius 2 is 2.13 bits per heavy atom.